The Morgan fingerprint density at radius 2 is 2.00 bits per heavy atom. The molecule has 8 heteroatoms. The van der Waals surface area contributed by atoms with Crippen LogP contribution in [0.25, 0.3) is 11.0 Å². The van der Waals surface area contributed by atoms with Gasteiger partial charge in [-0.25, -0.2) is 4.98 Å². The van der Waals surface area contributed by atoms with Crippen LogP contribution in [-0.4, -0.2) is 64.3 Å². The molecule has 1 aromatic heterocycles. The van der Waals surface area contributed by atoms with Gasteiger partial charge in [-0.3, -0.25) is 4.79 Å². The second-order valence-electron chi connectivity index (χ2n) is 8.81. The highest BCUT2D eigenvalue weighted by atomic mass is 35.5. The monoisotopic (exact) mass is 449 g/mol. The fourth-order valence-corrected chi connectivity index (χ4v) is 6.08. The second-order valence-corrected chi connectivity index (χ2v) is 10.8. The quantitative estimate of drug-likeness (QED) is 0.712. The minimum atomic E-state index is 0.0670. The number of hydrogen-bond acceptors (Lipinski definition) is 5. The average molecular weight is 450 g/mol. The van der Waals surface area contributed by atoms with Crippen LogP contribution in [0.5, 0.6) is 0 Å². The Morgan fingerprint density at radius 3 is 2.63 bits per heavy atom. The van der Waals surface area contributed by atoms with E-state index in [0.717, 1.165) is 85.3 Å². The van der Waals surface area contributed by atoms with E-state index in [0.29, 0.717) is 6.04 Å². The van der Waals surface area contributed by atoms with Crippen molar-refractivity contribution < 1.29 is 4.79 Å². The van der Waals surface area contributed by atoms with E-state index in [1.165, 1.54) is 0 Å². The van der Waals surface area contributed by atoms with E-state index in [9.17, 15) is 4.79 Å². The lowest BCUT2D eigenvalue weighted by Crippen LogP contribution is -2.46. The van der Waals surface area contributed by atoms with E-state index in [4.69, 9.17) is 16.6 Å². The predicted molar refractivity (Wildman–Crippen MR) is 126 cm³/mol. The number of H-pyrrole nitrogens is 1. The van der Waals surface area contributed by atoms with Crippen LogP contribution in [0, 0.1) is 0 Å². The molecule has 6 nitrogen and oxygen atoms in total. The van der Waals surface area contributed by atoms with E-state index in [1.54, 1.807) is 6.92 Å². The number of aromatic amines is 1. The van der Waals surface area contributed by atoms with Crippen molar-refractivity contribution in [3.05, 3.63) is 17.2 Å². The molecule has 1 saturated heterocycles. The maximum atomic E-state index is 11.3. The normalized spacial score (nSPS) is 25.6. The van der Waals surface area contributed by atoms with Gasteiger partial charge in [0, 0.05) is 43.9 Å². The first-order valence-corrected chi connectivity index (χ1v) is 12.2. The molecule has 2 heterocycles. The third-order valence-corrected chi connectivity index (χ3v) is 8.07. The van der Waals surface area contributed by atoms with Crippen molar-refractivity contribution in [2.24, 2.45) is 0 Å². The third kappa shape index (κ3) is 4.89. The number of nitrogens with zero attached hydrogens (tertiary/aromatic N) is 3. The Bertz CT molecular complexity index is 900. The molecule has 1 saturated carbocycles. The number of nitrogens with one attached hydrogen (secondary N) is 2. The van der Waals surface area contributed by atoms with Gasteiger partial charge in [0.15, 0.2) is 5.16 Å². The van der Waals surface area contributed by atoms with Gasteiger partial charge >= 0.3 is 0 Å². The molecule has 164 valence electrons. The summed E-state index contributed by atoms with van der Waals surface area (Å²) in [6.45, 7) is 11.4. The summed E-state index contributed by atoms with van der Waals surface area (Å²) in [5, 5.41) is 4.80. The van der Waals surface area contributed by atoms with Gasteiger partial charge in [0.1, 0.15) is 0 Å². The molecule has 0 radical (unpaired) electrons. The summed E-state index contributed by atoms with van der Waals surface area (Å²) in [7, 11) is 0. The van der Waals surface area contributed by atoms with Gasteiger partial charge in [-0.05, 0) is 51.3 Å². The number of thioether (sulfide) groups is 1. The number of anilines is 1. The second kappa shape index (κ2) is 8.97. The summed E-state index contributed by atoms with van der Waals surface area (Å²) >= 11 is 8.47. The molecule has 0 spiro atoms. The number of amides is 1. The van der Waals surface area contributed by atoms with Crippen LogP contribution in [0.2, 0.25) is 5.02 Å². The van der Waals surface area contributed by atoms with Gasteiger partial charge in [0.25, 0.3) is 0 Å². The molecule has 2 N–H and O–H groups in total. The molecule has 2 fully saturated rings. The molecule has 1 aromatic carbocycles. The van der Waals surface area contributed by atoms with E-state index >= 15 is 0 Å². The lowest BCUT2D eigenvalue weighted by atomic mass is 9.86. The number of carbonyl (C=O) groups excluding carboxylic acids is 1. The number of fused-ring (bicyclic) bond motifs is 1. The Kier molecular flexibility index (Phi) is 6.51. The zero-order valence-corrected chi connectivity index (χ0v) is 19.7. The highest BCUT2D eigenvalue weighted by Crippen LogP contribution is 2.43. The summed E-state index contributed by atoms with van der Waals surface area (Å²) in [6.07, 6.45) is 4.16. The number of piperazine rings is 1. The molecule has 1 aliphatic carbocycles. The molecule has 0 unspecified atom stereocenters. The van der Waals surface area contributed by atoms with Crippen molar-refractivity contribution in [3.63, 3.8) is 0 Å². The predicted octanol–water partition coefficient (Wildman–Crippen LogP) is 4.29. The summed E-state index contributed by atoms with van der Waals surface area (Å²) in [5.41, 5.74) is 3.06. The fraction of sp³-hybridized carbons (Fsp3) is 0.636. The van der Waals surface area contributed by atoms with Crippen molar-refractivity contribution in [2.45, 2.75) is 62.4 Å². The maximum absolute atomic E-state index is 11.3. The minimum Gasteiger partial charge on any atom is -0.368 e. The van der Waals surface area contributed by atoms with Gasteiger partial charge in [-0.2, -0.15) is 0 Å². The Balaban J connectivity index is 1.45. The van der Waals surface area contributed by atoms with E-state index in [1.807, 2.05) is 17.8 Å². The lowest BCUT2D eigenvalue weighted by molar-refractivity contribution is -0.119. The highest BCUT2D eigenvalue weighted by Gasteiger charge is 2.33. The summed E-state index contributed by atoms with van der Waals surface area (Å²) in [4.78, 5) is 24.5. The number of likely N-dealkylation sites (N-methyl/N-ethyl adjacent to an activating group) is 1. The summed E-state index contributed by atoms with van der Waals surface area (Å²) < 4.78 is 0.131. The number of carbonyl (C=O) groups is 1. The van der Waals surface area contributed by atoms with Gasteiger partial charge in [-0.15, -0.1) is 0 Å². The molecular formula is C22H32ClN5OS. The smallest absolute Gasteiger partial charge is 0.217 e. The Morgan fingerprint density at radius 1 is 1.30 bits per heavy atom. The van der Waals surface area contributed by atoms with Crippen LogP contribution in [0.4, 0.5) is 5.69 Å². The standard InChI is InChI=1S/C22H32ClN5OS/c1-4-27-9-11-28(12-10-27)20-14-19-18(13-17(20)23)25-21(26-19)30-22(3)7-5-16(6-8-22)24-15(2)29/h13-14,16H,4-12H2,1-3H3,(H,24,29)(H,25,26). The highest BCUT2D eigenvalue weighted by molar-refractivity contribution is 8.00. The Labute approximate surface area is 188 Å². The first-order chi connectivity index (χ1) is 14.3. The van der Waals surface area contributed by atoms with Gasteiger partial charge in [0.05, 0.1) is 21.7 Å². The SMILES string of the molecule is CCN1CCN(c2cc3nc(SC4(C)CCC(NC(C)=O)CC4)[nH]c3cc2Cl)CC1. The van der Waals surface area contributed by atoms with Crippen molar-refractivity contribution in [3.8, 4) is 0 Å². The number of imidazole rings is 1. The molecule has 1 amide bonds. The number of benzene rings is 1. The molecule has 2 aromatic rings. The molecule has 2 aliphatic rings. The van der Waals surface area contributed by atoms with Crippen molar-refractivity contribution >= 4 is 46.0 Å². The van der Waals surface area contributed by atoms with Crippen molar-refractivity contribution in [1.29, 1.82) is 0 Å². The van der Waals surface area contributed by atoms with Gasteiger partial charge in [0.2, 0.25) is 5.91 Å². The van der Waals surface area contributed by atoms with Crippen LogP contribution < -0.4 is 10.2 Å². The first-order valence-electron chi connectivity index (χ1n) is 11.0. The number of aromatic nitrogens is 2. The zero-order valence-electron chi connectivity index (χ0n) is 18.1. The molecular weight excluding hydrogens is 418 g/mol. The van der Waals surface area contributed by atoms with E-state index in [2.05, 4.69) is 40.0 Å². The van der Waals surface area contributed by atoms with Crippen molar-refractivity contribution in [2.75, 3.05) is 37.6 Å². The summed E-state index contributed by atoms with van der Waals surface area (Å²) in [5.74, 6) is 0.0670. The van der Waals surface area contributed by atoms with Gasteiger partial charge < -0.3 is 20.1 Å². The molecule has 4 rings (SSSR count). The topological polar surface area (TPSA) is 64.3 Å². The Hall–Kier alpha value is -1.44. The van der Waals surface area contributed by atoms with Crippen LogP contribution in [-0.2, 0) is 4.79 Å². The number of halogens is 1. The van der Waals surface area contributed by atoms with Gasteiger partial charge in [-0.1, -0.05) is 30.3 Å². The largest absolute Gasteiger partial charge is 0.368 e. The minimum absolute atomic E-state index is 0.0670. The third-order valence-electron chi connectivity index (χ3n) is 6.48. The average Bonchev–Trinajstić information content (AvgIpc) is 3.09. The fourth-order valence-electron chi connectivity index (χ4n) is 4.59. The van der Waals surface area contributed by atoms with E-state index < -0.39 is 0 Å². The first kappa shape index (κ1) is 21.8. The van der Waals surface area contributed by atoms with E-state index in [-0.39, 0.29) is 10.7 Å². The number of hydrogen-bond donors (Lipinski definition) is 2. The number of rotatable bonds is 5. The summed E-state index contributed by atoms with van der Waals surface area (Å²) in [6, 6.07) is 4.46. The lowest BCUT2D eigenvalue weighted by Gasteiger charge is -2.36. The maximum Gasteiger partial charge on any atom is 0.217 e. The molecule has 30 heavy (non-hydrogen) atoms. The zero-order chi connectivity index (χ0) is 21.3. The molecule has 0 bridgehead atoms. The van der Waals surface area contributed by atoms with Crippen LogP contribution in [0.3, 0.4) is 0 Å². The van der Waals surface area contributed by atoms with Crippen LogP contribution in [0.1, 0.15) is 46.5 Å². The van der Waals surface area contributed by atoms with Crippen molar-refractivity contribution in [1.82, 2.24) is 20.2 Å². The van der Waals surface area contributed by atoms with Crippen LogP contribution >= 0.6 is 23.4 Å². The van der Waals surface area contributed by atoms with Crippen LogP contribution in [0.15, 0.2) is 17.3 Å². The molecule has 0 atom stereocenters. The molecule has 1 aliphatic heterocycles.